The highest BCUT2D eigenvalue weighted by atomic mass is 35.5. The summed E-state index contributed by atoms with van der Waals surface area (Å²) in [7, 11) is 1.66. The van der Waals surface area contributed by atoms with Crippen molar-refractivity contribution >= 4 is 28.5 Å². The average Bonchev–Trinajstić information content (AvgIpc) is 3.20. The van der Waals surface area contributed by atoms with Gasteiger partial charge in [0.05, 0.1) is 6.54 Å². The molecule has 0 aliphatic heterocycles. The molecule has 8 heteroatoms. The molecule has 0 spiro atoms. The van der Waals surface area contributed by atoms with Crippen LogP contribution < -0.4 is 11.2 Å². The van der Waals surface area contributed by atoms with E-state index < -0.39 is 0 Å². The van der Waals surface area contributed by atoms with Crippen LogP contribution in [0.1, 0.15) is 43.3 Å². The van der Waals surface area contributed by atoms with Gasteiger partial charge in [-0.15, -0.1) is 0 Å². The molecule has 29 heavy (non-hydrogen) atoms. The summed E-state index contributed by atoms with van der Waals surface area (Å²) >= 11 is 5.95. The molecule has 7 nitrogen and oxygen atoms in total. The molecule has 0 saturated heterocycles. The van der Waals surface area contributed by atoms with Crippen LogP contribution in [0.25, 0.3) is 16.9 Å². The van der Waals surface area contributed by atoms with E-state index in [1.165, 1.54) is 9.13 Å². The number of nitrogens with zero attached hydrogens (tertiary/aromatic N) is 5. The SMILES string of the molecule is CCC(C)n1c(C)c(C)n2c3c(=O)n(Cc4ccc(Cl)cc4)c(=O)n(C)c3nc12. The Morgan fingerprint density at radius 1 is 1.10 bits per heavy atom. The maximum absolute atomic E-state index is 13.4. The summed E-state index contributed by atoms with van der Waals surface area (Å²) in [5, 5.41) is 0.611. The van der Waals surface area contributed by atoms with Crippen LogP contribution >= 0.6 is 11.6 Å². The first-order valence-electron chi connectivity index (χ1n) is 9.70. The van der Waals surface area contributed by atoms with Gasteiger partial charge in [-0.05, 0) is 44.9 Å². The minimum absolute atomic E-state index is 0.177. The Balaban J connectivity index is 2.05. The molecule has 0 N–H and O–H groups in total. The Morgan fingerprint density at radius 3 is 2.38 bits per heavy atom. The number of halogens is 1. The number of imidazole rings is 2. The maximum atomic E-state index is 13.4. The summed E-state index contributed by atoms with van der Waals surface area (Å²) in [6, 6.07) is 7.37. The predicted octanol–water partition coefficient (Wildman–Crippen LogP) is 3.44. The fourth-order valence-electron chi connectivity index (χ4n) is 3.90. The van der Waals surface area contributed by atoms with Crippen molar-refractivity contribution in [3.63, 3.8) is 0 Å². The second-order valence-electron chi connectivity index (χ2n) is 7.58. The van der Waals surface area contributed by atoms with Crippen LogP contribution in [0.3, 0.4) is 0 Å². The molecule has 0 radical (unpaired) electrons. The summed E-state index contributed by atoms with van der Waals surface area (Å²) < 4.78 is 6.74. The van der Waals surface area contributed by atoms with Gasteiger partial charge in [0.15, 0.2) is 11.2 Å². The molecule has 1 aromatic carbocycles. The first-order valence-corrected chi connectivity index (χ1v) is 10.1. The van der Waals surface area contributed by atoms with Crippen molar-refractivity contribution in [2.75, 3.05) is 0 Å². The summed E-state index contributed by atoms with van der Waals surface area (Å²) in [5.41, 5.74) is 2.97. The van der Waals surface area contributed by atoms with Crippen molar-refractivity contribution in [3.8, 4) is 0 Å². The van der Waals surface area contributed by atoms with Crippen molar-refractivity contribution in [3.05, 3.63) is 67.1 Å². The third kappa shape index (κ3) is 2.83. The molecule has 0 aliphatic rings. The van der Waals surface area contributed by atoms with Crippen molar-refractivity contribution in [1.82, 2.24) is 23.1 Å². The number of rotatable bonds is 4. The highest BCUT2D eigenvalue weighted by Gasteiger charge is 2.24. The van der Waals surface area contributed by atoms with Gasteiger partial charge < -0.3 is 4.57 Å². The van der Waals surface area contributed by atoms with Crippen LogP contribution in [0.2, 0.25) is 5.02 Å². The lowest BCUT2D eigenvalue weighted by Crippen LogP contribution is -2.39. The van der Waals surface area contributed by atoms with Crippen LogP contribution in [0.5, 0.6) is 0 Å². The second kappa shape index (κ2) is 6.91. The van der Waals surface area contributed by atoms with Gasteiger partial charge in [0.1, 0.15) is 0 Å². The predicted molar refractivity (Wildman–Crippen MR) is 115 cm³/mol. The number of aromatic nitrogens is 5. The molecule has 1 atom stereocenters. The fraction of sp³-hybridized carbons (Fsp3) is 0.381. The van der Waals surface area contributed by atoms with Crippen molar-refractivity contribution in [2.45, 2.75) is 46.7 Å². The molecule has 0 aliphatic carbocycles. The number of aryl methyl sites for hydroxylation is 2. The quantitative estimate of drug-likeness (QED) is 0.514. The number of fused-ring (bicyclic) bond motifs is 3. The van der Waals surface area contributed by atoms with Crippen LogP contribution in [0, 0.1) is 13.8 Å². The zero-order valence-electron chi connectivity index (χ0n) is 17.2. The fourth-order valence-corrected chi connectivity index (χ4v) is 4.02. The summed E-state index contributed by atoms with van der Waals surface area (Å²) in [5.74, 6) is 0.695. The number of hydrogen-bond acceptors (Lipinski definition) is 3. The molecule has 4 rings (SSSR count). The Bertz CT molecular complexity index is 1350. The van der Waals surface area contributed by atoms with Crippen molar-refractivity contribution in [2.24, 2.45) is 7.05 Å². The maximum Gasteiger partial charge on any atom is 0.332 e. The minimum atomic E-state index is -0.386. The van der Waals surface area contributed by atoms with E-state index >= 15 is 0 Å². The Morgan fingerprint density at radius 2 is 1.76 bits per heavy atom. The van der Waals surface area contributed by atoms with Gasteiger partial charge in [-0.3, -0.25) is 18.3 Å². The summed E-state index contributed by atoms with van der Waals surface area (Å²) in [6.45, 7) is 8.44. The van der Waals surface area contributed by atoms with Crippen LogP contribution in [0.4, 0.5) is 0 Å². The highest BCUT2D eigenvalue weighted by Crippen LogP contribution is 2.25. The molecule has 152 valence electrons. The van der Waals surface area contributed by atoms with Gasteiger partial charge in [-0.1, -0.05) is 30.7 Å². The Labute approximate surface area is 172 Å². The number of benzene rings is 1. The van der Waals surface area contributed by atoms with Crippen molar-refractivity contribution < 1.29 is 0 Å². The minimum Gasteiger partial charge on any atom is -0.311 e. The van der Waals surface area contributed by atoms with E-state index in [1.807, 2.05) is 30.4 Å². The first kappa shape index (κ1) is 19.5. The molecular formula is C21H24ClN5O2. The first-order chi connectivity index (χ1) is 13.8. The van der Waals surface area contributed by atoms with E-state index in [-0.39, 0.29) is 23.8 Å². The van der Waals surface area contributed by atoms with Gasteiger partial charge in [-0.2, -0.15) is 4.98 Å². The van der Waals surface area contributed by atoms with E-state index in [0.29, 0.717) is 22.0 Å². The van der Waals surface area contributed by atoms with Crippen LogP contribution in [-0.4, -0.2) is 23.1 Å². The zero-order chi connectivity index (χ0) is 21.0. The Hall–Kier alpha value is -2.80. The highest BCUT2D eigenvalue weighted by molar-refractivity contribution is 6.30. The topological polar surface area (TPSA) is 66.2 Å². The monoisotopic (exact) mass is 413 g/mol. The molecule has 3 heterocycles. The summed E-state index contributed by atoms with van der Waals surface area (Å²) in [6.07, 6.45) is 0.938. The molecule has 4 aromatic rings. The second-order valence-corrected chi connectivity index (χ2v) is 8.01. The molecule has 0 saturated carbocycles. The molecule has 0 fully saturated rings. The van der Waals surface area contributed by atoms with Crippen LogP contribution in [-0.2, 0) is 13.6 Å². The normalized spacial score (nSPS) is 12.9. The zero-order valence-corrected chi connectivity index (χ0v) is 18.0. The van der Waals surface area contributed by atoms with Gasteiger partial charge in [0.2, 0.25) is 5.78 Å². The third-order valence-electron chi connectivity index (χ3n) is 5.85. The van der Waals surface area contributed by atoms with Gasteiger partial charge >= 0.3 is 5.69 Å². The van der Waals surface area contributed by atoms with Gasteiger partial charge in [-0.25, -0.2) is 4.79 Å². The molecular weight excluding hydrogens is 390 g/mol. The molecule has 0 amide bonds. The van der Waals surface area contributed by atoms with E-state index in [0.717, 1.165) is 23.4 Å². The molecule has 1 unspecified atom stereocenters. The lowest BCUT2D eigenvalue weighted by Gasteiger charge is -2.13. The average molecular weight is 414 g/mol. The van der Waals surface area contributed by atoms with Gasteiger partial charge in [0, 0.05) is 29.5 Å². The van der Waals surface area contributed by atoms with E-state index in [9.17, 15) is 9.59 Å². The molecule has 0 bridgehead atoms. The van der Waals surface area contributed by atoms with Crippen molar-refractivity contribution in [1.29, 1.82) is 0 Å². The molecule has 3 aromatic heterocycles. The largest absolute Gasteiger partial charge is 0.332 e. The standard InChI is InChI=1S/C21H24ClN5O2/c1-6-12(2)26-13(3)14(4)27-17-18(23-20(26)27)24(5)21(29)25(19(17)28)11-15-7-9-16(22)10-8-15/h7-10,12H,6,11H2,1-5H3. The van der Waals surface area contributed by atoms with E-state index in [1.54, 1.807) is 19.2 Å². The summed E-state index contributed by atoms with van der Waals surface area (Å²) in [4.78, 5) is 31.1. The third-order valence-corrected chi connectivity index (χ3v) is 6.10. The smallest absolute Gasteiger partial charge is 0.311 e. The lowest BCUT2D eigenvalue weighted by molar-refractivity contribution is 0.532. The Kier molecular flexibility index (Phi) is 4.65. The number of hydrogen-bond donors (Lipinski definition) is 0. The van der Waals surface area contributed by atoms with Crippen LogP contribution in [0.15, 0.2) is 33.9 Å². The lowest BCUT2D eigenvalue weighted by atomic mass is 10.2. The van der Waals surface area contributed by atoms with E-state index in [2.05, 4.69) is 18.4 Å². The van der Waals surface area contributed by atoms with Gasteiger partial charge in [0.25, 0.3) is 5.56 Å². The van der Waals surface area contributed by atoms with E-state index in [4.69, 9.17) is 16.6 Å².